The van der Waals surface area contributed by atoms with Gasteiger partial charge in [0, 0.05) is 18.6 Å². The number of rotatable bonds is 4. The topological polar surface area (TPSA) is 57.5 Å². The Kier molecular flexibility index (Phi) is 13.2. The fraction of sp³-hybridized carbons (Fsp3) is 0.700. The molecule has 0 amide bonds. The smallest absolute Gasteiger partial charge is 0.330 e. The Labute approximate surface area is 98.2 Å². The number of carboxylic acid groups (broad SMARTS) is 1. The Morgan fingerprint density at radius 1 is 1.33 bits per heavy atom. The third-order valence-electron chi connectivity index (χ3n) is 1.35. The van der Waals surface area contributed by atoms with Crippen molar-refractivity contribution in [1.82, 2.24) is 0 Å². The third-order valence-corrected chi connectivity index (χ3v) is 1.35. The maximum Gasteiger partial charge on any atom is 0.330 e. The molecule has 0 aromatic rings. The first-order chi connectivity index (χ1) is 6.20. The Hall–Kier alpha value is -0.580. The summed E-state index contributed by atoms with van der Waals surface area (Å²) >= 11 is 0. The van der Waals surface area contributed by atoms with Gasteiger partial charge < -0.3 is 27.1 Å². The van der Waals surface area contributed by atoms with E-state index in [0.29, 0.717) is 6.61 Å². The predicted octanol–water partition coefficient (Wildman–Crippen LogP) is -2.27. The molecule has 0 radical (unpaired) electrons. The summed E-state index contributed by atoms with van der Waals surface area (Å²) in [5.41, 5.74) is 0.176. The van der Waals surface area contributed by atoms with Crippen molar-refractivity contribution in [3.05, 3.63) is 12.2 Å². The zero-order valence-corrected chi connectivity index (χ0v) is 10.7. The molecule has 0 aromatic carbocycles. The van der Waals surface area contributed by atoms with Gasteiger partial charge >= 0.3 is 5.97 Å². The Morgan fingerprint density at radius 2 is 1.67 bits per heavy atom. The molecule has 0 aliphatic heterocycles. The maximum absolute atomic E-state index is 9.60. The zero-order chi connectivity index (χ0) is 11.8. The maximum atomic E-state index is 9.60. The molecule has 0 saturated carbocycles. The average molecular weight is 240 g/mol. The van der Waals surface area contributed by atoms with E-state index >= 15 is 0 Å². The van der Waals surface area contributed by atoms with Gasteiger partial charge in [0.25, 0.3) is 0 Å². The van der Waals surface area contributed by atoms with Crippen LogP contribution in [0.3, 0.4) is 0 Å². The molecule has 2 N–H and O–H groups in total. The van der Waals surface area contributed by atoms with Gasteiger partial charge in [-0.1, -0.05) is 6.58 Å². The van der Waals surface area contributed by atoms with E-state index in [-0.39, 0.29) is 18.0 Å². The lowest BCUT2D eigenvalue weighted by Gasteiger charge is -2.22. The van der Waals surface area contributed by atoms with Crippen LogP contribution >= 0.6 is 0 Å². The molecule has 0 aliphatic carbocycles. The molecule has 92 valence electrons. The predicted molar refractivity (Wildman–Crippen MR) is 57.1 cm³/mol. The molecule has 0 bridgehead atoms. The molecular formula is C10H22ClNO3. The number of hydrogen-bond acceptors (Lipinski definition) is 2. The molecule has 0 fully saturated rings. The number of aliphatic carboxylic acids is 1. The summed E-state index contributed by atoms with van der Waals surface area (Å²) < 4.78 is 0.945. The zero-order valence-electron chi connectivity index (χ0n) is 9.96. The molecule has 0 saturated heterocycles. The Morgan fingerprint density at radius 3 is 1.73 bits per heavy atom. The van der Waals surface area contributed by atoms with Crippen LogP contribution in [0.4, 0.5) is 0 Å². The summed E-state index contributed by atoms with van der Waals surface area (Å²) in [5, 5.41) is 16.3. The first-order valence-electron chi connectivity index (χ1n) is 4.51. The van der Waals surface area contributed by atoms with Crippen LogP contribution in [0.15, 0.2) is 12.2 Å². The standard InChI is InChI=1S/C6H16NO.C4H6O2.ClH/c1-7(2,3)5-4-6-8;1-3(2)4(5)6;/h8H,4-6H2,1-3H3;1H2,2H3,(H,5,6);1H/q+1;;/p-1. The average Bonchev–Trinajstić information content (AvgIpc) is 2.00. The highest BCUT2D eigenvalue weighted by molar-refractivity contribution is 5.84. The van der Waals surface area contributed by atoms with E-state index in [0.717, 1.165) is 17.4 Å². The highest BCUT2D eigenvalue weighted by atomic mass is 35.5. The van der Waals surface area contributed by atoms with Gasteiger partial charge in [0.1, 0.15) is 0 Å². The second-order valence-corrected chi connectivity index (χ2v) is 4.18. The van der Waals surface area contributed by atoms with Crippen molar-refractivity contribution in [2.24, 2.45) is 0 Å². The first-order valence-corrected chi connectivity index (χ1v) is 4.51. The Balaban J connectivity index is -0.000000187. The van der Waals surface area contributed by atoms with Gasteiger partial charge in [-0.25, -0.2) is 4.79 Å². The minimum Gasteiger partial charge on any atom is -1.00 e. The van der Waals surface area contributed by atoms with Gasteiger partial charge in [-0.15, -0.1) is 0 Å². The van der Waals surface area contributed by atoms with Crippen LogP contribution in [0.1, 0.15) is 13.3 Å². The molecule has 0 heterocycles. The fourth-order valence-corrected chi connectivity index (χ4v) is 0.545. The number of carboxylic acids is 1. The molecule has 0 atom stereocenters. The van der Waals surface area contributed by atoms with Crippen LogP contribution in [0, 0.1) is 0 Å². The van der Waals surface area contributed by atoms with Crippen molar-refractivity contribution in [1.29, 1.82) is 0 Å². The van der Waals surface area contributed by atoms with Crippen molar-refractivity contribution in [3.8, 4) is 0 Å². The lowest BCUT2D eigenvalue weighted by molar-refractivity contribution is -0.870. The molecule has 0 aliphatic rings. The van der Waals surface area contributed by atoms with Crippen molar-refractivity contribution >= 4 is 5.97 Å². The normalized spacial score (nSPS) is 9.40. The van der Waals surface area contributed by atoms with Crippen LogP contribution < -0.4 is 12.4 Å². The number of halogens is 1. The second-order valence-electron chi connectivity index (χ2n) is 4.18. The number of aliphatic hydroxyl groups excluding tert-OH is 1. The molecule has 4 nitrogen and oxygen atoms in total. The second kappa shape index (κ2) is 9.96. The van der Waals surface area contributed by atoms with E-state index in [2.05, 4.69) is 27.7 Å². The summed E-state index contributed by atoms with van der Waals surface area (Å²) in [6.45, 7) is 5.97. The number of nitrogens with zero attached hydrogens (tertiary/aromatic N) is 1. The summed E-state index contributed by atoms with van der Waals surface area (Å²) in [6.07, 6.45) is 0.906. The van der Waals surface area contributed by atoms with Gasteiger partial charge in [-0.2, -0.15) is 0 Å². The highest BCUT2D eigenvalue weighted by Gasteiger charge is 2.03. The van der Waals surface area contributed by atoms with Crippen molar-refractivity contribution < 1.29 is 31.9 Å². The number of aliphatic hydroxyl groups is 1. The molecule has 0 rings (SSSR count). The van der Waals surface area contributed by atoms with Crippen LogP contribution in [-0.4, -0.2) is 55.0 Å². The number of hydrogen-bond donors (Lipinski definition) is 2. The van der Waals surface area contributed by atoms with Crippen LogP contribution in [0.2, 0.25) is 0 Å². The van der Waals surface area contributed by atoms with E-state index in [1.54, 1.807) is 0 Å². The summed E-state index contributed by atoms with van der Waals surface area (Å²) in [6, 6.07) is 0. The largest absolute Gasteiger partial charge is 1.00 e. The molecule has 15 heavy (non-hydrogen) atoms. The molecular weight excluding hydrogens is 218 g/mol. The quantitative estimate of drug-likeness (QED) is 0.430. The van der Waals surface area contributed by atoms with Gasteiger partial charge in [0.15, 0.2) is 0 Å². The highest BCUT2D eigenvalue weighted by Crippen LogP contribution is 1.90. The van der Waals surface area contributed by atoms with E-state index in [1.165, 1.54) is 6.92 Å². The minimum absolute atomic E-state index is 0. The molecule has 0 unspecified atom stereocenters. The summed E-state index contributed by atoms with van der Waals surface area (Å²) in [5.74, 6) is -0.935. The van der Waals surface area contributed by atoms with Crippen molar-refractivity contribution in [2.45, 2.75) is 13.3 Å². The van der Waals surface area contributed by atoms with Crippen LogP contribution in [0.5, 0.6) is 0 Å². The number of quaternary nitrogens is 1. The lowest BCUT2D eigenvalue weighted by atomic mass is 10.4. The van der Waals surface area contributed by atoms with Gasteiger partial charge in [0.05, 0.1) is 27.7 Å². The first kappa shape index (κ1) is 19.9. The van der Waals surface area contributed by atoms with E-state index in [4.69, 9.17) is 10.2 Å². The van der Waals surface area contributed by atoms with Gasteiger partial charge in [-0.3, -0.25) is 0 Å². The van der Waals surface area contributed by atoms with Crippen molar-refractivity contribution in [3.63, 3.8) is 0 Å². The minimum atomic E-state index is -0.935. The number of carbonyl (C=O) groups is 1. The fourth-order valence-electron chi connectivity index (χ4n) is 0.545. The molecule has 5 heteroatoms. The van der Waals surface area contributed by atoms with Crippen LogP contribution in [-0.2, 0) is 4.79 Å². The van der Waals surface area contributed by atoms with Gasteiger partial charge in [0.2, 0.25) is 0 Å². The SMILES string of the molecule is C=C(C)C(=O)O.C[N+](C)(C)CCCO.[Cl-]. The Bertz CT molecular complexity index is 176. The van der Waals surface area contributed by atoms with Crippen LogP contribution in [0.25, 0.3) is 0 Å². The third kappa shape index (κ3) is 24.7. The molecule has 0 spiro atoms. The van der Waals surface area contributed by atoms with E-state index in [9.17, 15) is 4.79 Å². The van der Waals surface area contributed by atoms with E-state index < -0.39 is 5.97 Å². The van der Waals surface area contributed by atoms with E-state index in [1.807, 2.05) is 0 Å². The lowest BCUT2D eigenvalue weighted by Crippen LogP contribution is -3.00. The summed E-state index contributed by atoms with van der Waals surface area (Å²) in [4.78, 5) is 9.60. The molecule has 0 aromatic heterocycles. The summed E-state index contributed by atoms with van der Waals surface area (Å²) in [7, 11) is 6.36. The van der Waals surface area contributed by atoms with Crippen molar-refractivity contribution in [2.75, 3.05) is 34.3 Å². The monoisotopic (exact) mass is 239 g/mol. The van der Waals surface area contributed by atoms with Gasteiger partial charge in [-0.05, 0) is 6.92 Å².